The first-order valence-corrected chi connectivity index (χ1v) is 14.9. The minimum Gasteiger partial charge on any atom is -0.477 e. The van der Waals surface area contributed by atoms with Crippen LogP contribution in [0.25, 0.3) is 10.9 Å². The van der Waals surface area contributed by atoms with Crippen LogP contribution >= 0.6 is 0 Å². The third kappa shape index (κ3) is 5.36. The van der Waals surface area contributed by atoms with E-state index in [0.29, 0.717) is 61.7 Å². The lowest BCUT2D eigenvalue weighted by molar-refractivity contribution is -0.112. The number of hydrogen-bond donors (Lipinski definition) is 1. The first-order chi connectivity index (χ1) is 22.2. The molecule has 0 radical (unpaired) electrons. The topological polar surface area (TPSA) is 138 Å². The van der Waals surface area contributed by atoms with Crippen LogP contribution < -0.4 is 15.2 Å². The average molecular weight is 633 g/mol. The molecule has 7 rings (SSSR count). The summed E-state index contributed by atoms with van der Waals surface area (Å²) in [7, 11) is 1.33. The van der Waals surface area contributed by atoms with Gasteiger partial charge >= 0.3 is 5.97 Å². The molecule has 1 saturated carbocycles. The summed E-state index contributed by atoms with van der Waals surface area (Å²) in [6.45, 7) is 3.50. The first kappa shape index (κ1) is 29.5. The van der Waals surface area contributed by atoms with Gasteiger partial charge in [0.1, 0.15) is 24.3 Å². The molecule has 2 aromatic carbocycles. The quantitative estimate of drug-likeness (QED) is 0.276. The van der Waals surface area contributed by atoms with Crippen molar-refractivity contribution in [3.63, 3.8) is 0 Å². The maximum Gasteiger partial charge on any atom is 0.341 e. The molecule has 0 spiro atoms. The Morgan fingerprint density at radius 2 is 1.83 bits per heavy atom. The Kier molecular flexibility index (Phi) is 7.47. The summed E-state index contributed by atoms with van der Waals surface area (Å²) in [4.78, 5) is 47.8. The monoisotopic (exact) mass is 632 g/mol. The molecule has 238 valence electrons. The molecule has 1 amide bonds. The number of carbonyl (C=O) groups excluding carboxylic acids is 1. The SMILES string of the molecule is CO/N=C1/C(=O)N(CCn2cc(CN3CCN(c4cc5c(cc4F)c(=O)c(C(=O)O)cn5C4CC4)CC3)nn2)c2ccc(F)cc21. The number of rotatable bonds is 9. The normalized spacial score (nSPS) is 17.7. The van der Waals surface area contributed by atoms with Gasteiger partial charge in [0.05, 0.1) is 29.1 Å². The molecule has 2 aliphatic heterocycles. The van der Waals surface area contributed by atoms with Crippen molar-refractivity contribution >= 4 is 39.9 Å². The zero-order chi connectivity index (χ0) is 32.1. The zero-order valence-electron chi connectivity index (χ0n) is 24.9. The number of carbonyl (C=O) groups is 2. The zero-order valence-corrected chi connectivity index (χ0v) is 24.9. The first-order valence-electron chi connectivity index (χ1n) is 14.9. The standard InChI is InChI=1S/C31H30F2N8O5/c1-46-35-28-21-12-18(32)2-5-25(21)40(30(28)43)11-10-39-16-19(34-36-39)15-37-6-8-38(9-7-37)27-14-26-22(13-24(27)33)29(42)23(31(44)45)17-41(26)20-3-4-20/h2,5,12-14,16-17,20H,3-4,6-11,15H2,1H3,(H,44,45)/b35-28+. The summed E-state index contributed by atoms with van der Waals surface area (Å²) >= 11 is 0. The average Bonchev–Trinajstić information content (AvgIpc) is 3.73. The van der Waals surface area contributed by atoms with Crippen molar-refractivity contribution in [2.75, 3.05) is 49.6 Å². The van der Waals surface area contributed by atoms with Crippen LogP contribution in [0.15, 0.2) is 52.7 Å². The summed E-state index contributed by atoms with van der Waals surface area (Å²) in [5.41, 5.74) is 1.60. The van der Waals surface area contributed by atoms with Crippen molar-refractivity contribution in [1.29, 1.82) is 0 Å². The van der Waals surface area contributed by atoms with Crippen molar-refractivity contribution in [3.05, 3.63) is 81.4 Å². The van der Waals surface area contributed by atoms with Crippen molar-refractivity contribution in [2.24, 2.45) is 5.16 Å². The highest BCUT2D eigenvalue weighted by atomic mass is 19.1. The van der Waals surface area contributed by atoms with Gasteiger partial charge in [-0.15, -0.1) is 5.10 Å². The number of aromatic carboxylic acids is 1. The Morgan fingerprint density at radius 3 is 2.54 bits per heavy atom. The molecule has 4 heterocycles. The third-order valence-electron chi connectivity index (χ3n) is 8.64. The van der Waals surface area contributed by atoms with E-state index >= 15 is 4.39 Å². The van der Waals surface area contributed by atoms with Crippen LogP contribution in [0.4, 0.5) is 20.2 Å². The van der Waals surface area contributed by atoms with Gasteiger partial charge in [0, 0.05) is 68.7 Å². The van der Waals surface area contributed by atoms with Crippen LogP contribution in [0.2, 0.25) is 0 Å². The number of pyridine rings is 1. The molecule has 15 heteroatoms. The fourth-order valence-electron chi connectivity index (χ4n) is 6.19. The number of halogens is 2. The number of carboxylic acid groups (broad SMARTS) is 1. The van der Waals surface area contributed by atoms with Gasteiger partial charge < -0.3 is 24.3 Å². The second-order valence-electron chi connectivity index (χ2n) is 11.6. The number of fused-ring (bicyclic) bond motifs is 2. The summed E-state index contributed by atoms with van der Waals surface area (Å²) in [5.74, 6) is -2.74. The smallest absolute Gasteiger partial charge is 0.341 e. The maximum absolute atomic E-state index is 15.4. The highest BCUT2D eigenvalue weighted by Gasteiger charge is 2.35. The summed E-state index contributed by atoms with van der Waals surface area (Å²) in [5, 5.41) is 21.9. The van der Waals surface area contributed by atoms with E-state index < -0.39 is 23.0 Å². The van der Waals surface area contributed by atoms with E-state index in [2.05, 4.69) is 20.4 Å². The largest absolute Gasteiger partial charge is 0.477 e. The second-order valence-corrected chi connectivity index (χ2v) is 11.6. The Labute approximate surface area is 260 Å². The van der Waals surface area contributed by atoms with Gasteiger partial charge in [0.2, 0.25) is 5.43 Å². The van der Waals surface area contributed by atoms with E-state index in [1.807, 2.05) is 11.1 Å². The molecule has 2 fully saturated rings. The Bertz CT molecular complexity index is 1960. The van der Waals surface area contributed by atoms with Gasteiger partial charge in [-0.05, 0) is 43.2 Å². The Morgan fingerprint density at radius 1 is 1.04 bits per heavy atom. The van der Waals surface area contributed by atoms with E-state index in [1.165, 1.54) is 42.5 Å². The molecule has 13 nitrogen and oxygen atoms in total. The fourth-order valence-corrected chi connectivity index (χ4v) is 6.19. The van der Waals surface area contributed by atoms with Crippen molar-refractivity contribution in [1.82, 2.24) is 24.5 Å². The number of nitrogens with zero attached hydrogens (tertiary/aromatic N) is 8. The highest BCUT2D eigenvalue weighted by molar-refractivity contribution is 6.54. The number of piperazine rings is 1. The number of benzene rings is 2. The van der Waals surface area contributed by atoms with Crippen LogP contribution in [0.5, 0.6) is 0 Å². The predicted octanol–water partition coefficient (Wildman–Crippen LogP) is 2.62. The van der Waals surface area contributed by atoms with Gasteiger partial charge in [0.15, 0.2) is 5.71 Å². The molecule has 46 heavy (non-hydrogen) atoms. The van der Waals surface area contributed by atoms with Crippen LogP contribution in [0, 0.1) is 11.6 Å². The van der Waals surface area contributed by atoms with Gasteiger partial charge in [-0.3, -0.25) is 19.2 Å². The molecule has 1 aliphatic carbocycles. The third-order valence-corrected chi connectivity index (χ3v) is 8.64. The second kappa shape index (κ2) is 11.6. The lowest BCUT2D eigenvalue weighted by Crippen LogP contribution is -2.46. The molecule has 1 N–H and O–H groups in total. The van der Waals surface area contributed by atoms with Gasteiger partial charge in [-0.25, -0.2) is 13.6 Å². The number of amides is 1. The highest BCUT2D eigenvalue weighted by Crippen LogP contribution is 2.38. The van der Waals surface area contributed by atoms with Crippen LogP contribution in [-0.2, 0) is 22.7 Å². The molecule has 1 saturated heterocycles. The fraction of sp³-hybridized carbons (Fsp3) is 0.355. The van der Waals surface area contributed by atoms with E-state index in [-0.39, 0.29) is 35.2 Å². The number of carboxylic acids is 1. The number of aromatic nitrogens is 4. The molecule has 0 unspecified atom stereocenters. The van der Waals surface area contributed by atoms with Gasteiger partial charge in [-0.2, -0.15) is 0 Å². The maximum atomic E-state index is 15.4. The van der Waals surface area contributed by atoms with Gasteiger partial charge in [-0.1, -0.05) is 10.4 Å². The molecule has 0 bridgehead atoms. The van der Waals surface area contributed by atoms with Crippen LogP contribution in [0.3, 0.4) is 0 Å². The molecule has 4 aromatic rings. The van der Waals surface area contributed by atoms with E-state index in [0.717, 1.165) is 18.5 Å². The Hall–Kier alpha value is -5.18. The van der Waals surface area contributed by atoms with Crippen LogP contribution in [0.1, 0.15) is 40.5 Å². The number of hydrogen-bond acceptors (Lipinski definition) is 9. The van der Waals surface area contributed by atoms with Crippen molar-refractivity contribution in [3.8, 4) is 0 Å². The summed E-state index contributed by atoms with van der Waals surface area (Å²) in [6, 6.07) is 7.03. The van der Waals surface area contributed by atoms with Crippen molar-refractivity contribution < 1.29 is 28.3 Å². The predicted molar refractivity (Wildman–Crippen MR) is 163 cm³/mol. The van der Waals surface area contributed by atoms with Crippen LogP contribution in [-0.4, -0.2) is 87.0 Å². The van der Waals surface area contributed by atoms with E-state index in [1.54, 1.807) is 15.3 Å². The van der Waals surface area contributed by atoms with Gasteiger partial charge in [0.25, 0.3) is 5.91 Å². The number of oxime groups is 1. The van der Waals surface area contributed by atoms with E-state index in [4.69, 9.17) is 4.84 Å². The molecule has 2 aromatic heterocycles. The lowest BCUT2D eigenvalue weighted by Gasteiger charge is -2.36. The minimum atomic E-state index is -1.32. The lowest BCUT2D eigenvalue weighted by atomic mass is 10.1. The Balaban J connectivity index is 0.996. The molecular weight excluding hydrogens is 602 g/mol. The van der Waals surface area contributed by atoms with Crippen molar-refractivity contribution in [2.45, 2.75) is 32.0 Å². The summed E-state index contributed by atoms with van der Waals surface area (Å²) < 4.78 is 32.6. The molecular formula is C31H30F2N8O5. The summed E-state index contributed by atoms with van der Waals surface area (Å²) in [6.07, 6.45) is 4.95. The molecule has 0 atom stereocenters. The minimum absolute atomic E-state index is 0.0450. The molecule has 3 aliphatic rings. The van der Waals surface area contributed by atoms with E-state index in [9.17, 15) is 23.9 Å². The number of anilines is 2.